The highest BCUT2D eigenvalue weighted by atomic mass is 79.9. The number of aryl methyl sites for hydroxylation is 1. The molecule has 0 aliphatic heterocycles. The number of hydrogen-bond donors (Lipinski definition) is 1. The Morgan fingerprint density at radius 2 is 2.11 bits per heavy atom. The fourth-order valence-electron chi connectivity index (χ4n) is 1.58. The molecule has 2 nitrogen and oxygen atoms in total. The average molecular weight is 326 g/mol. The maximum Gasteiger partial charge on any atom is 0.133 e. The first-order chi connectivity index (χ1) is 8.77. The zero-order chi connectivity index (χ0) is 12.8. The Labute approximate surface area is 120 Å². The van der Waals surface area contributed by atoms with E-state index in [9.17, 15) is 0 Å². The summed E-state index contributed by atoms with van der Waals surface area (Å²) in [5.41, 5.74) is 1.36. The molecule has 0 bridgehead atoms. The molecule has 4 heteroatoms. The number of nitrogens with one attached hydrogen (secondary N) is 1. The second kappa shape index (κ2) is 6.92. The van der Waals surface area contributed by atoms with E-state index in [4.69, 9.17) is 4.74 Å². The van der Waals surface area contributed by atoms with Crippen LogP contribution in [0.15, 0.2) is 40.2 Å². The lowest BCUT2D eigenvalue weighted by Crippen LogP contribution is -2.20. The van der Waals surface area contributed by atoms with Crippen molar-refractivity contribution in [2.45, 2.75) is 13.5 Å². The lowest BCUT2D eigenvalue weighted by Gasteiger charge is -2.08. The minimum absolute atomic E-state index is 0.674. The quantitative estimate of drug-likeness (QED) is 0.811. The van der Waals surface area contributed by atoms with Gasteiger partial charge in [0.2, 0.25) is 0 Å². The molecule has 1 aromatic heterocycles. The second-order valence-corrected chi connectivity index (χ2v) is 5.84. The van der Waals surface area contributed by atoms with Crippen LogP contribution in [0.4, 0.5) is 0 Å². The van der Waals surface area contributed by atoms with E-state index in [1.807, 2.05) is 24.3 Å². The SMILES string of the molecule is Cc1ccsc1CNCCOc1ccccc1Br. The lowest BCUT2D eigenvalue weighted by atomic mass is 10.3. The van der Waals surface area contributed by atoms with Crippen LogP contribution < -0.4 is 10.1 Å². The Morgan fingerprint density at radius 3 is 2.83 bits per heavy atom. The first-order valence-corrected chi connectivity index (χ1v) is 7.55. The highest BCUT2D eigenvalue weighted by Crippen LogP contribution is 2.23. The van der Waals surface area contributed by atoms with Gasteiger partial charge in [0.05, 0.1) is 4.47 Å². The number of para-hydroxylation sites is 1. The third-order valence-corrected chi connectivity index (χ3v) is 4.30. The molecule has 1 N–H and O–H groups in total. The molecule has 0 saturated heterocycles. The summed E-state index contributed by atoms with van der Waals surface area (Å²) in [6.07, 6.45) is 0. The van der Waals surface area contributed by atoms with Crippen molar-refractivity contribution in [3.05, 3.63) is 50.6 Å². The molecular formula is C14H16BrNOS. The third-order valence-electron chi connectivity index (χ3n) is 2.63. The van der Waals surface area contributed by atoms with Crippen LogP contribution in [0.1, 0.15) is 10.4 Å². The lowest BCUT2D eigenvalue weighted by molar-refractivity contribution is 0.312. The maximum absolute atomic E-state index is 5.68. The maximum atomic E-state index is 5.68. The van der Waals surface area contributed by atoms with Gasteiger partial charge in [-0.15, -0.1) is 11.3 Å². The number of rotatable bonds is 6. The Hall–Kier alpha value is -0.840. The molecule has 0 atom stereocenters. The summed E-state index contributed by atoms with van der Waals surface area (Å²) in [5, 5.41) is 5.52. The first-order valence-electron chi connectivity index (χ1n) is 5.88. The van der Waals surface area contributed by atoms with Crippen molar-refractivity contribution in [2.24, 2.45) is 0 Å². The number of benzene rings is 1. The zero-order valence-corrected chi connectivity index (χ0v) is 12.7. The van der Waals surface area contributed by atoms with Gasteiger partial charge in [-0.2, -0.15) is 0 Å². The molecule has 0 spiro atoms. The Bertz CT molecular complexity index is 498. The second-order valence-electron chi connectivity index (χ2n) is 3.98. The van der Waals surface area contributed by atoms with Crippen molar-refractivity contribution in [2.75, 3.05) is 13.2 Å². The number of hydrogen-bond acceptors (Lipinski definition) is 3. The highest BCUT2D eigenvalue weighted by Gasteiger charge is 2.00. The smallest absolute Gasteiger partial charge is 0.133 e. The molecule has 1 aromatic carbocycles. The van der Waals surface area contributed by atoms with E-state index < -0.39 is 0 Å². The van der Waals surface area contributed by atoms with Crippen LogP contribution in [0.5, 0.6) is 5.75 Å². The molecule has 0 aliphatic carbocycles. The standard InChI is InChI=1S/C14H16BrNOS/c1-11-6-9-18-14(11)10-16-7-8-17-13-5-3-2-4-12(13)15/h2-6,9,16H,7-8,10H2,1H3. The molecule has 18 heavy (non-hydrogen) atoms. The molecule has 0 radical (unpaired) electrons. The summed E-state index contributed by atoms with van der Waals surface area (Å²) in [6.45, 7) is 4.58. The van der Waals surface area contributed by atoms with E-state index in [-0.39, 0.29) is 0 Å². The van der Waals surface area contributed by atoms with Crippen molar-refractivity contribution in [3.8, 4) is 5.75 Å². The van der Waals surface area contributed by atoms with Gasteiger partial charge in [0.1, 0.15) is 12.4 Å². The van der Waals surface area contributed by atoms with Crippen molar-refractivity contribution in [1.29, 1.82) is 0 Å². The molecule has 1 heterocycles. The molecule has 2 aromatic rings. The summed E-state index contributed by atoms with van der Waals surface area (Å²) < 4.78 is 6.68. The fourth-order valence-corrected chi connectivity index (χ4v) is 2.86. The Morgan fingerprint density at radius 1 is 1.28 bits per heavy atom. The first kappa shape index (κ1) is 13.6. The minimum atomic E-state index is 0.674. The highest BCUT2D eigenvalue weighted by molar-refractivity contribution is 9.10. The summed E-state index contributed by atoms with van der Waals surface area (Å²) in [6, 6.07) is 10.1. The molecule has 96 valence electrons. The van der Waals surface area contributed by atoms with E-state index in [1.54, 1.807) is 11.3 Å². The molecule has 0 fully saturated rings. The number of halogens is 1. The Kier molecular flexibility index (Phi) is 5.23. The van der Waals surface area contributed by atoms with Gasteiger partial charge in [-0.1, -0.05) is 12.1 Å². The largest absolute Gasteiger partial charge is 0.491 e. The van der Waals surface area contributed by atoms with Crippen molar-refractivity contribution in [1.82, 2.24) is 5.32 Å². The summed E-state index contributed by atoms with van der Waals surface area (Å²) >= 11 is 5.26. The van der Waals surface area contributed by atoms with E-state index >= 15 is 0 Å². The third kappa shape index (κ3) is 3.83. The predicted molar refractivity (Wildman–Crippen MR) is 80.4 cm³/mol. The molecule has 0 saturated carbocycles. The number of thiophene rings is 1. The summed E-state index contributed by atoms with van der Waals surface area (Å²) in [4.78, 5) is 1.40. The molecule has 0 unspecified atom stereocenters. The van der Waals surface area contributed by atoms with Gasteiger partial charge < -0.3 is 10.1 Å². The van der Waals surface area contributed by atoms with Gasteiger partial charge in [0.15, 0.2) is 0 Å². The normalized spacial score (nSPS) is 10.6. The van der Waals surface area contributed by atoms with E-state index in [0.29, 0.717) is 6.61 Å². The van der Waals surface area contributed by atoms with Crippen LogP contribution in [0, 0.1) is 6.92 Å². The van der Waals surface area contributed by atoms with Crippen molar-refractivity contribution < 1.29 is 4.74 Å². The van der Waals surface area contributed by atoms with E-state index in [0.717, 1.165) is 23.3 Å². The zero-order valence-electron chi connectivity index (χ0n) is 10.3. The summed E-state index contributed by atoms with van der Waals surface area (Å²) in [5.74, 6) is 0.895. The van der Waals surface area contributed by atoms with Crippen molar-refractivity contribution in [3.63, 3.8) is 0 Å². The van der Waals surface area contributed by atoms with Gasteiger partial charge in [-0.05, 0) is 52.0 Å². The monoisotopic (exact) mass is 325 g/mol. The summed E-state index contributed by atoms with van der Waals surface area (Å²) in [7, 11) is 0. The Balaban J connectivity index is 1.68. The van der Waals surface area contributed by atoms with Crippen LogP contribution in [0.25, 0.3) is 0 Å². The van der Waals surface area contributed by atoms with Crippen LogP contribution in [0.2, 0.25) is 0 Å². The van der Waals surface area contributed by atoms with Gasteiger partial charge in [-0.3, -0.25) is 0 Å². The van der Waals surface area contributed by atoms with Gasteiger partial charge in [0.25, 0.3) is 0 Å². The van der Waals surface area contributed by atoms with Crippen LogP contribution in [-0.4, -0.2) is 13.2 Å². The van der Waals surface area contributed by atoms with E-state index in [2.05, 4.69) is 39.6 Å². The molecule has 0 aliphatic rings. The topological polar surface area (TPSA) is 21.3 Å². The molecule has 0 amide bonds. The minimum Gasteiger partial charge on any atom is -0.491 e. The fraction of sp³-hybridized carbons (Fsp3) is 0.286. The van der Waals surface area contributed by atoms with Gasteiger partial charge >= 0.3 is 0 Å². The average Bonchev–Trinajstić information content (AvgIpc) is 2.77. The van der Waals surface area contributed by atoms with Crippen LogP contribution >= 0.6 is 27.3 Å². The van der Waals surface area contributed by atoms with E-state index in [1.165, 1.54) is 10.4 Å². The van der Waals surface area contributed by atoms with Gasteiger partial charge in [0, 0.05) is 18.0 Å². The number of ether oxygens (including phenoxy) is 1. The van der Waals surface area contributed by atoms with Crippen LogP contribution in [-0.2, 0) is 6.54 Å². The van der Waals surface area contributed by atoms with Crippen LogP contribution in [0.3, 0.4) is 0 Å². The van der Waals surface area contributed by atoms with Gasteiger partial charge in [-0.25, -0.2) is 0 Å². The molecule has 2 rings (SSSR count). The predicted octanol–water partition coefficient (Wildman–Crippen LogP) is 3.99. The van der Waals surface area contributed by atoms with Crippen molar-refractivity contribution >= 4 is 27.3 Å². The molecular weight excluding hydrogens is 310 g/mol.